The number of anilines is 1. The van der Waals surface area contributed by atoms with Crippen molar-refractivity contribution in [2.75, 3.05) is 5.32 Å². The van der Waals surface area contributed by atoms with Gasteiger partial charge in [0.25, 0.3) is 5.91 Å². The molecule has 6 heteroatoms. The first kappa shape index (κ1) is 12.8. The Kier molecular flexibility index (Phi) is 3.76. The minimum atomic E-state index is -0.186. The molecular weight excluding hydrogens is 248 g/mol. The predicted molar refractivity (Wildman–Crippen MR) is 72.1 cm³/mol. The van der Waals surface area contributed by atoms with E-state index >= 15 is 0 Å². The molecule has 0 aromatic carbocycles. The molecule has 1 amide bonds. The van der Waals surface area contributed by atoms with Crippen LogP contribution in [0, 0.1) is 0 Å². The number of amides is 1. The van der Waals surface area contributed by atoms with E-state index < -0.39 is 0 Å². The smallest absolute Gasteiger partial charge is 0.275 e. The second-order valence-corrected chi connectivity index (χ2v) is 5.15. The first-order valence-corrected chi connectivity index (χ1v) is 6.77. The van der Waals surface area contributed by atoms with Crippen LogP contribution in [-0.2, 0) is 6.54 Å². The number of aryl methyl sites for hydroxylation is 1. The van der Waals surface area contributed by atoms with Crippen molar-refractivity contribution in [1.82, 2.24) is 14.8 Å². The molecule has 0 aliphatic heterocycles. The van der Waals surface area contributed by atoms with Crippen LogP contribution in [0.1, 0.15) is 42.2 Å². The highest BCUT2D eigenvalue weighted by Crippen LogP contribution is 2.19. The van der Waals surface area contributed by atoms with Crippen molar-refractivity contribution in [2.24, 2.45) is 0 Å². The van der Waals surface area contributed by atoms with E-state index in [9.17, 15) is 4.79 Å². The zero-order chi connectivity index (χ0) is 13.1. The molecule has 0 bridgehead atoms. The summed E-state index contributed by atoms with van der Waals surface area (Å²) in [7, 11) is 0. The van der Waals surface area contributed by atoms with Crippen molar-refractivity contribution < 1.29 is 4.79 Å². The number of hydrogen-bond acceptors (Lipinski definition) is 4. The maximum Gasteiger partial charge on any atom is 0.275 e. The molecule has 0 spiro atoms. The Bertz CT molecular complexity index is 544. The summed E-state index contributed by atoms with van der Waals surface area (Å²) >= 11 is 1.51. The van der Waals surface area contributed by atoms with Gasteiger partial charge in [-0.2, -0.15) is 5.10 Å². The van der Waals surface area contributed by atoms with Gasteiger partial charge < -0.3 is 5.32 Å². The summed E-state index contributed by atoms with van der Waals surface area (Å²) in [6.07, 6.45) is 3.44. The maximum absolute atomic E-state index is 11.9. The monoisotopic (exact) mass is 264 g/mol. The molecule has 0 fully saturated rings. The fraction of sp³-hybridized carbons (Fsp3) is 0.417. The van der Waals surface area contributed by atoms with E-state index in [-0.39, 0.29) is 5.91 Å². The highest BCUT2D eigenvalue weighted by atomic mass is 32.1. The van der Waals surface area contributed by atoms with Gasteiger partial charge >= 0.3 is 0 Å². The standard InChI is InChI=1S/C12H16N4OS/c1-4-16-6-9(5-13-16)14-11(17)10-7-18-12(15-10)8(2)3/h5-8H,4H2,1-3H3,(H,14,17). The third kappa shape index (κ3) is 2.76. The van der Waals surface area contributed by atoms with Gasteiger partial charge in [-0.15, -0.1) is 11.3 Å². The number of nitrogens with one attached hydrogen (secondary N) is 1. The molecule has 2 rings (SSSR count). The molecule has 0 radical (unpaired) electrons. The van der Waals surface area contributed by atoms with Crippen molar-refractivity contribution >= 4 is 22.9 Å². The third-order valence-corrected chi connectivity index (χ3v) is 3.61. The number of rotatable bonds is 4. The van der Waals surface area contributed by atoms with Gasteiger partial charge in [0.2, 0.25) is 0 Å². The summed E-state index contributed by atoms with van der Waals surface area (Å²) in [5.74, 6) is 0.160. The SMILES string of the molecule is CCn1cc(NC(=O)c2csc(C(C)C)n2)cn1. The van der Waals surface area contributed by atoms with Gasteiger partial charge in [0.1, 0.15) is 5.69 Å². The zero-order valence-corrected chi connectivity index (χ0v) is 11.5. The molecule has 96 valence electrons. The molecular formula is C12H16N4OS. The van der Waals surface area contributed by atoms with Crippen LogP contribution < -0.4 is 5.32 Å². The van der Waals surface area contributed by atoms with Gasteiger partial charge in [-0.1, -0.05) is 13.8 Å². The van der Waals surface area contributed by atoms with Crippen molar-refractivity contribution in [2.45, 2.75) is 33.2 Å². The van der Waals surface area contributed by atoms with Crippen LogP contribution in [0.5, 0.6) is 0 Å². The summed E-state index contributed by atoms with van der Waals surface area (Å²) in [5.41, 5.74) is 1.16. The molecule has 2 heterocycles. The molecule has 0 aliphatic carbocycles. The van der Waals surface area contributed by atoms with E-state index in [1.54, 1.807) is 22.5 Å². The van der Waals surface area contributed by atoms with Gasteiger partial charge in [0.15, 0.2) is 0 Å². The number of nitrogens with zero attached hydrogens (tertiary/aromatic N) is 3. The quantitative estimate of drug-likeness (QED) is 0.923. The van der Waals surface area contributed by atoms with Gasteiger partial charge in [-0.3, -0.25) is 9.48 Å². The average Bonchev–Trinajstić information content (AvgIpc) is 2.97. The van der Waals surface area contributed by atoms with Crippen molar-refractivity contribution in [3.8, 4) is 0 Å². The second kappa shape index (κ2) is 5.30. The number of hydrogen-bond donors (Lipinski definition) is 1. The summed E-state index contributed by atoms with van der Waals surface area (Å²) in [6, 6.07) is 0. The minimum Gasteiger partial charge on any atom is -0.318 e. The van der Waals surface area contributed by atoms with Crippen LogP contribution in [0.2, 0.25) is 0 Å². The van der Waals surface area contributed by atoms with Crippen LogP contribution in [0.15, 0.2) is 17.8 Å². The van der Waals surface area contributed by atoms with Crippen LogP contribution in [-0.4, -0.2) is 20.7 Å². The lowest BCUT2D eigenvalue weighted by molar-refractivity contribution is 0.102. The van der Waals surface area contributed by atoms with Gasteiger partial charge in [0, 0.05) is 24.0 Å². The lowest BCUT2D eigenvalue weighted by Gasteiger charge is -1.99. The Morgan fingerprint density at radius 3 is 2.89 bits per heavy atom. The normalized spacial score (nSPS) is 10.9. The number of thiazole rings is 1. The first-order chi connectivity index (χ1) is 8.60. The summed E-state index contributed by atoms with van der Waals surface area (Å²) < 4.78 is 1.76. The Labute approximate surface area is 110 Å². The lowest BCUT2D eigenvalue weighted by Crippen LogP contribution is -2.12. The Balaban J connectivity index is 2.06. The highest BCUT2D eigenvalue weighted by Gasteiger charge is 2.13. The predicted octanol–water partition coefficient (Wildman–Crippen LogP) is 2.74. The summed E-state index contributed by atoms with van der Waals surface area (Å²) in [4.78, 5) is 16.3. The molecule has 0 saturated carbocycles. The number of carbonyl (C=O) groups excluding carboxylic acids is 1. The molecule has 5 nitrogen and oxygen atoms in total. The molecule has 18 heavy (non-hydrogen) atoms. The van der Waals surface area contributed by atoms with Crippen LogP contribution >= 0.6 is 11.3 Å². The highest BCUT2D eigenvalue weighted by molar-refractivity contribution is 7.09. The topological polar surface area (TPSA) is 59.8 Å². The van der Waals surface area contributed by atoms with E-state index in [4.69, 9.17) is 0 Å². The Hall–Kier alpha value is -1.69. The van der Waals surface area contributed by atoms with Crippen LogP contribution in [0.25, 0.3) is 0 Å². The number of aromatic nitrogens is 3. The van der Waals surface area contributed by atoms with Gasteiger partial charge in [-0.05, 0) is 6.92 Å². The fourth-order valence-electron chi connectivity index (χ4n) is 1.45. The van der Waals surface area contributed by atoms with E-state index in [1.165, 1.54) is 11.3 Å². The Morgan fingerprint density at radius 1 is 1.56 bits per heavy atom. The largest absolute Gasteiger partial charge is 0.318 e. The van der Waals surface area contributed by atoms with E-state index in [2.05, 4.69) is 29.2 Å². The van der Waals surface area contributed by atoms with Crippen molar-refractivity contribution in [1.29, 1.82) is 0 Å². The van der Waals surface area contributed by atoms with Crippen molar-refractivity contribution in [3.05, 3.63) is 28.5 Å². The maximum atomic E-state index is 11.9. The Morgan fingerprint density at radius 2 is 2.33 bits per heavy atom. The van der Waals surface area contributed by atoms with Crippen molar-refractivity contribution in [3.63, 3.8) is 0 Å². The third-order valence-electron chi connectivity index (χ3n) is 2.46. The second-order valence-electron chi connectivity index (χ2n) is 4.26. The molecule has 2 aromatic rings. The van der Waals surface area contributed by atoms with Crippen LogP contribution in [0.3, 0.4) is 0 Å². The summed E-state index contributed by atoms with van der Waals surface area (Å²) in [5, 5.41) is 9.65. The van der Waals surface area contributed by atoms with E-state index in [1.807, 2.05) is 6.92 Å². The van der Waals surface area contributed by atoms with Gasteiger partial charge in [0.05, 0.1) is 16.9 Å². The van der Waals surface area contributed by atoms with Crippen LogP contribution in [0.4, 0.5) is 5.69 Å². The molecule has 0 saturated heterocycles. The summed E-state index contributed by atoms with van der Waals surface area (Å²) in [6.45, 7) is 6.90. The van der Waals surface area contributed by atoms with Gasteiger partial charge in [-0.25, -0.2) is 4.98 Å². The zero-order valence-electron chi connectivity index (χ0n) is 10.7. The molecule has 0 unspecified atom stereocenters. The molecule has 2 aromatic heterocycles. The first-order valence-electron chi connectivity index (χ1n) is 5.89. The molecule has 0 atom stereocenters. The number of carbonyl (C=O) groups is 1. The van der Waals surface area contributed by atoms with E-state index in [0.717, 1.165) is 11.6 Å². The van der Waals surface area contributed by atoms with E-state index in [0.29, 0.717) is 17.3 Å². The lowest BCUT2D eigenvalue weighted by atomic mass is 10.2. The molecule has 1 N–H and O–H groups in total. The minimum absolute atomic E-state index is 0.186. The average molecular weight is 264 g/mol. The fourth-order valence-corrected chi connectivity index (χ4v) is 2.27. The molecule has 0 aliphatic rings.